The van der Waals surface area contributed by atoms with Gasteiger partial charge in [-0.2, -0.15) is 13.2 Å². The predicted octanol–water partition coefficient (Wildman–Crippen LogP) is 3.49. The number of amides is 2. The molecule has 2 amide bonds. The summed E-state index contributed by atoms with van der Waals surface area (Å²) in [4.78, 5) is 51.0. The maximum atomic E-state index is 13.2. The Hall–Kier alpha value is -3.72. The highest BCUT2D eigenvalue weighted by atomic mass is 79.9. The minimum absolute atomic E-state index is 0.00814. The van der Waals surface area contributed by atoms with Crippen LogP contribution in [0.2, 0.25) is 5.02 Å². The number of nitrogens with zero attached hydrogens (tertiary/aromatic N) is 2. The molecule has 16 heteroatoms. The van der Waals surface area contributed by atoms with Crippen molar-refractivity contribution in [2.24, 2.45) is 21.6 Å². The maximum absolute atomic E-state index is 13.2. The van der Waals surface area contributed by atoms with E-state index in [4.69, 9.17) is 23.1 Å². The Kier molecular flexibility index (Phi) is 9.35. The van der Waals surface area contributed by atoms with Gasteiger partial charge in [-0.3, -0.25) is 14.4 Å². The number of hydrogen-bond donors (Lipinski definition) is 5. The van der Waals surface area contributed by atoms with Crippen LogP contribution in [0.1, 0.15) is 33.9 Å². The molecule has 11 nitrogen and oxygen atoms in total. The van der Waals surface area contributed by atoms with Gasteiger partial charge < -0.3 is 27.2 Å². The summed E-state index contributed by atoms with van der Waals surface area (Å²) in [6, 6.07) is 3.44. The Morgan fingerprint density at radius 2 is 1.81 bits per heavy atom. The summed E-state index contributed by atoms with van der Waals surface area (Å²) in [6.07, 6.45) is -5.49. The molecule has 0 aliphatic carbocycles. The third-order valence-electron chi connectivity index (χ3n) is 4.41. The number of guanidine groups is 1. The van der Waals surface area contributed by atoms with E-state index >= 15 is 0 Å². The van der Waals surface area contributed by atoms with Crippen LogP contribution in [0.4, 0.5) is 24.5 Å². The number of nitrogens with one attached hydrogen (secondary N) is 2. The van der Waals surface area contributed by atoms with Crippen molar-refractivity contribution in [2.75, 3.05) is 6.54 Å². The Balaban J connectivity index is 2.24. The molecule has 0 saturated carbocycles. The standard InChI is InChI=1S/C20H17BrClF3N6O5/c21-13-5-10(22)4-12(17(13)31-36)14(6-16(33)34)30-15(32)7-28-18(35)8-1-9(20(23,24)25)3-11(2-8)29-19(26)27/h1-5,14H,6-7H2,(H,28,35)(H,30,32)(H,33,34)(H4,26,27,29). The van der Waals surface area contributed by atoms with Crippen LogP contribution in [0.15, 0.2) is 45.0 Å². The second-order valence-corrected chi connectivity index (χ2v) is 8.41. The van der Waals surface area contributed by atoms with E-state index in [-0.39, 0.29) is 26.4 Å². The first-order valence-electron chi connectivity index (χ1n) is 9.64. The van der Waals surface area contributed by atoms with Crippen LogP contribution in [0.3, 0.4) is 0 Å². The van der Waals surface area contributed by atoms with Gasteiger partial charge in [0, 0.05) is 20.6 Å². The van der Waals surface area contributed by atoms with Gasteiger partial charge in [-0.1, -0.05) is 11.6 Å². The van der Waals surface area contributed by atoms with Gasteiger partial charge in [-0.25, -0.2) is 4.99 Å². The fraction of sp³-hybridized carbons (Fsp3) is 0.200. The predicted molar refractivity (Wildman–Crippen MR) is 127 cm³/mol. The highest BCUT2D eigenvalue weighted by Crippen LogP contribution is 2.37. The fourth-order valence-electron chi connectivity index (χ4n) is 2.99. The molecule has 192 valence electrons. The van der Waals surface area contributed by atoms with Crippen LogP contribution >= 0.6 is 27.5 Å². The van der Waals surface area contributed by atoms with Gasteiger partial charge in [-0.05, 0) is 51.4 Å². The smallest absolute Gasteiger partial charge is 0.416 e. The van der Waals surface area contributed by atoms with Crippen LogP contribution in [-0.2, 0) is 15.8 Å². The molecule has 1 atom stereocenters. The number of benzene rings is 2. The Morgan fingerprint density at radius 3 is 2.36 bits per heavy atom. The first-order valence-corrected chi connectivity index (χ1v) is 10.8. The summed E-state index contributed by atoms with van der Waals surface area (Å²) in [5.74, 6) is -3.87. The van der Waals surface area contributed by atoms with E-state index in [9.17, 15) is 37.6 Å². The minimum atomic E-state index is -4.82. The zero-order valence-corrected chi connectivity index (χ0v) is 20.2. The van der Waals surface area contributed by atoms with Gasteiger partial charge in [0.25, 0.3) is 5.91 Å². The van der Waals surface area contributed by atoms with Gasteiger partial charge in [0.1, 0.15) is 5.69 Å². The zero-order chi connectivity index (χ0) is 27.2. The van der Waals surface area contributed by atoms with Crippen LogP contribution < -0.4 is 22.1 Å². The SMILES string of the molecule is NC(N)=Nc1cc(C(=O)NCC(=O)NC(CC(=O)O)c2cc(Cl)cc(Br)c2N=O)cc(C(F)(F)F)c1. The third-order valence-corrected chi connectivity index (χ3v) is 5.24. The van der Waals surface area contributed by atoms with Gasteiger partial charge >= 0.3 is 12.1 Å². The van der Waals surface area contributed by atoms with Crippen molar-refractivity contribution >= 4 is 62.6 Å². The van der Waals surface area contributed by atoms with Gasteiger partial charge in [0.15, 0.2) is 5.96 Å². The summed E-state index contributed by atoms with van der Waals surface area (Å²) in [6.45, 7) is -0.756. The van der Waals surface area contributed by atoms with E-state index in [1.54, 1.807) is 0 Å². The number of carboxylic acid groups (broad SMARTS) is 1. The first kappa shape index (κ1) is 28.5. The molecule has 36 heavy (non-hydrogen) atoms. The summed E-state index contributed by atoms with van der Waals surface area (Å²) in [5.41, 5.74) is 8.12. The molecule has 7 N–H and O–H groups in total. The molecule has 0 aromatic heterocycles. The third kappa shape index (κ3) is 7.91. The molecule has 0 aliphatic heterocycles. The molecule has 0 saturated heterocycles. The monoisotopic (exact) mass is 592 g/mol. The van der Waals surface area contributed by atoms with E-state index in [0.717, 1.165) is 6.07 Å². The summed E-state index contributed by atoms with van der Waals surface area (Å²) in [5, 5.41) is 16.6. The number of rotatable bonds is 9. The molecule has 0 spiro atoms. The van der Waals surface area contributed by atoms with Crippen LogP contribution in [0.5, 0.6) is 0 Å². The van der Waals surface area contributed by atoms with Gasteiger partial charge in [0.05, 0.1) is 30.3 Å². The van der Waals surface area contributed by atoms with E-state index in [1.807, 2.05) is 0 Å². The number of carbonyl (C=O) groups is 3. The molecular weight excluding hydrogens is 577 g/mol. The summed E-state index contributed by atoms with van der Waals surface area (Å²) in [7, 11) is 0. The average molecular weight is 594 g/mol. The molecule has 2 aromatic carbocycles. The number of carboxylic acids is 1. The number of alkyl halides is 3. The van der Waals surface area contributed by atoms with E-state index in [2.05, 4.69) is 36.7 Å². The molecule has 0 aliphatic rings. The quantitative estimate of drug-likeness (QED) is 0.167. The topological polar surface area (TPSA) is 189 Å². The second kappa shape index (κ2) is 11.8. The lowest BCUT2D eigenvalue weighted by Crippen LogP contribution is -2.39. The minimum Gasteiger partial charge on any atom is -0.481 e. The highest BCUT2D eigenvalue weighted by Gasteiger charge is 2.32. The van der Waals surface area contributed by atoms with E-state index < -0.39 is 60.1 Å². The molecule has 2 aromatic rings. The van der Waals surface area contributed by atoms with Crippen molar-refractivity contribution in [1.29, 1.82) is 0 Å². The number of nitrogens with two attached hydrogens (primary N) is 2. The van der Waals surface area contributed by atoms with Crippen molar-refractivity contribution in [3.8, 4) is 0 Å². The number of halogens is 5. The molecule has 2 rings (SSSR count). The lowest BCUT2D eigenvalue weighted by Gasteiger charge is -2.19. The van der Waals surface area contributed by atoms with E-state index in [1.165, 1.54) is 12.1 Å². The highest BCUT2D eigenvalue weighted by molar-refractivity contribution is 9.10. The molecule has 0 bridgehead atoms. The Labute approximate surface area is 214 Å². The Morgan fingerprint density at radius 1 is 1.14 bits per heavy atom. The first-order chi connectivity index (χ1) is 16.7. The zero-order valence-electron chi connectivity index (χ0n) is 17.9. The number of nitroso groups, excluding NO2 is 1. The van der Waals surface area contributed by atoms with Crippen molar-refractivity contribution in [1.82, 2.24) is 10.6 Å². The molecule has 0 radical (unpaired) electrons. The fourth-order valence-corrected chi connectivity index (χ4v) is 3.90. The number of aliphatic carboxylic acids is 1. The Bertz CT molecular complexity index is 1240. The van der Waals surface area contributed by atoms with Crippen LogP contribution in [0, 0.1) is 4.91 Å². The van der Waals surface area contributed by atoms with Crippen molar-refractivity contribution in [2.45, 2.75) is 18.6 Å². The largest absolute Gasteiger partial charge is 0.481 e. The molecule has 1 unspecified atom stereocenters. The van der Waals surface area contributed by atoms with Crippen molar-refractivity contribution in [3.63, 3.8) is 0 Å². The number of carbonyl (C=O) groups excluding carboxylic acids is 2. The number of hydrogen-bond acceptors (Lipinski definition) is 6. The summed E-state index contributed by atoms with van der Waals surface area (Å²) >= 11 is 9.03. The van der Waals surface area contributed by atoms with Crippen molar-refractivity contribution < 1.29 is 32.7 Å². The lowest BCUT2D eigenvalue weighted by atomic mass is 10.0. The summed E-state index contributed by atoms with van der Waals surface area (Å²) < 4.78 is 39.7. The van der Waals surface area contributed by atoms with Crippen molar-refractivity contribution in [3.05, 3.63) is 61.4 Å². The maximum Gasteiger partial charge on any atom is 0.416 e. The van der Waals surface area contributed by atoms with Crippen LogP contribution in [-0.4, -0.2) is 35.4 Å². The van der Waals surface area contributed by atoms with Gasteiger partial charge in [-0.15, -0.1) is 4.91 Å². The number of aliphatic imine (C=N–C) groups is 1. The van der Waals surface area contributed by atoms with Gasteiger partial charge in [0.2, 0.25) is 5.91 Å². The normalized spacial score (nSPS) is 11.8. The lowest BCUT2D eigenvalue weighted by molar-refractivity contribution is -0.138. The molecular formula is C20H17BrClF3N6O5. The second-order valence-electron chi connectivity index (χ2n) is 7.12. The van der Waals surface area contributed by atoms with E-state index in [0.29, 0.717) is 12.1 Å². The van der Waals surface area contributed by atoms with Crippen LogP contribution in [0.25, 0.3) is 0 Å². The molecule has 0 fully saturated rings. The average Bonchev–Trinajstić information content (AvgIpc) is 2.75. The molecule has 0 heterocycles.